The number of rotatable bonds is 6. The van der Waals surface area contributed by atoms with Crippen LogP contribution < -0.4 is 0 Å². The van der Waals surface area contributed by atoms with E-state index in [0.29, 0.717) is 16.3 Å². The van der Waals surface area contributed by atoms with Crippen molar-refractivity contribution < 1.29 is 4.79 Å². The molecule has 6 aromatic rings. The number of pyridine rings is 3. The highest BCUT2D eigenvalue weighted by atomic mass is 32.1. The average Bonchev–Trinajstić information content (AvgIpc) is 3.71. The summed E-state index contributed by atoms with van der Waals surface area (Å²) in [4.78, 5) is 38.0. The van der Waals surface area contributed by atoms with Crippen LogP contribution in [0.5, 0.6) is 0 Å². The summed E-state index contributed by atoms with van der Waals surface area (Å²) in [5, 5.41) is 8.42. The molecular formula is C29H26N8OS. The Morgan fingerprint density at radius 1 is 1.03 bits per heavy atom. The van der Waals surface area contributed by atoms with Gasteiger partial charge in [0.25, 0.3) is 0 Å². The number of ketones is 1. The topological polar surface area (TPSA) is 116 Å². The van der Waals surface area contributed by atoms with Gasteiger partial charge in [0.2, 0.25) is 0 Å². The van der Waals surface area contributed by atoms with E-state index in [0.717, 1.165) is 63.4 Å². The highest BCUT2D eigenvalue weighted by Gasteiger charge is 2.18. The molecule has 9 nitrogen and oxygen atoms in total. The molecule has 7 heterocycles. The van der Waals surface area contributed by atoms with Crippen molar-refractivity contribution in [1.82, 2.24) is 40.0 Å². The number of carbonyl (C=O) groups is 1. The van der Waals surface area contributed by atoms with E-state index in [9.17, 15) is 4.79 Å². The Hall–Kier alpha value is -4.28. The van der Waals surface area contributed by atoms with Crippen LogP contribution in [-0.2, 0) is 6.54 Å². The molecule has 10 heteroatoms. The summed E-state index contributed by atoms with van der Waals surface area (Å²) in [5.41, 5.74) is 6.93. The van der Waals surface area contributed by atoms with Gasteiger partial charge in [-0.3, -0.25) is 24.8 Å². The van der Waals surface area contributed by atoms with Crippen molar-refractivity contribution in [2.24, 2.45) is 0 Å². The van der Waals surface area contributed by atoms with Crippen molar-refractivity contribution in [2.75, 3.05) is 13.1 Å². The largest absolute Gasteiger partial charge is 0.337 e. The first kappa shape index (κ1) is 23.8. The number of thiophene rings is 1. The number of Topliss-reactive ketones (excluding diaryl/α,β-unsaturated/α-hetero) is 1. The van der Waals surface area contributed by atoms with E-state index in [4.69, 9.17) is 4.98 Å². The number of H-pyrrole nitrogens is 2. The molecule has 0 bridgehead atoms. The summed E-state index contributed by atoms with van der Waals surface area (Å²) < 4.78 is 0. The van der Waals surface area contributed by atoms with Crippen molar-refractivity contribution in [3.63, 3.8) is 0 Å². The van der Waals surface area contributed by atoms with Crippen LogP contribution in [0.1, 0.15) is 41.4 Å². The molecule has 0 aliphatic carbocycles. The second-order valence-electron chi connectivity index (χ2n) is 9.97. The second kappa shape index (κ2) is 9.79. The number of fused-ring (bicyclic) bond motifs is 2. The lowest BCUT2D eigenvalue weighted by Crippen LogP contribution is -2.29. The van der Waals surface area contributed by atoms with E-state index in [1.165, 1.54) is 36.2 Å². The summed E-state index contributed by atoms with van der Waals surface area (Å²) in [5.74, 6) is 0.696. The van der Waals surface area contributed by atoms with E-state index >= 15 is 0 Å². The molecule has 7 rings (SSSR count). The predicted octanol–water partition coefficient (Wildman–Crippen LogP) is 5.88. The van der Waals surface area contributed by atoms with Gasteiger partial charge in [-0.15, -0.1) is 11.3 Å². The minimum atomic E-state index is 0.0422. The van der Waals surface area contributed by atoms with Crippen LogP contribution >= 0.6 is 11.3 Å². The summed E-state index contributed by atoms with van der Waals surface area (Å²) >= 11 is 1.42. The van der Waals surface area contributed by atoms with Crippen LogP contribution in [0.4, 0.5) is 0 Å². The molecule has 194 valence electrons. The number of aromatic amines is 2. The van der Waals surface area contributed by atoms with Crippen LogP contribution in [0.15, 0.2) is 55.1 Å². The standard InChI is InChI=1S/C29H26N8OS/c1-17(38)23-5-6-24(39-23)27-26-22(7-8-31-27)33-29(34-26)25-21-12-20(15-32-28(21)36-35-25)19-11-18(13-30-14-19)16-37-9-3-2-4-10-37/h5-8,11-15H,2-4,9-10,16H2,1H3,(H,33,34)(H,32,35,36). The molecule has 39 heavy (non-hydrogen) atoms. The zero-order valence-electron chi connectivity index (χ0n) is 21.4. The number of aromatic nitrogens is 7. The molecule has 0 aromatic carbocycles. The van der Waals surface area contributed by atoms with E-state index in [1.807, 2.05) is 36.8 Å². The summed E-state index contributed by atoms with van der Waals surface area (Å²) in [6.07, 6.45) is 11.3. The third-order valence-electron chi connectivity index (χ3n) is 7.22. The number of likely N-dealkylation sites (tertiary alicyclic amines) is 1. The maximum Gasteiger partial charge on any atom is 0.181 e. The average molecular weight is 535 g/mol. The van der Waals surface area contributed by atoms with Crippen LogP contribution in [0.25, 0.3) is 55.3 Å². The zero-order valence-corrected chi connectivity index (χ0v) is 22.3. The van der Waals surface area contributed by atoms with Crippen LogP contribution in [0, 0.1) is 0 Å². The van der Waals surface area contributed by atoms with Gasteiger partial charge in [0.1, 0.15) is 16.9 Å². The molecule has 0 amide bonds. The lowest BCUT2D eigenvalue weighted by molar-refractivity contribution is 0.102. The van der Waals surface area contributed by atoms with Gasteiger partial charge in [-0.25, -0.2) is 9.97 Å². The third kappa shape index (κ3) is 4.51. The summed E-state index contributed by atoms with van der Waals surface area (Å²) in [6.45, 7) is 4.79. The summed E-state index contributed by atoms with van der Waals surface area (Å²) in [6, 6.07) is 9.96. The fourth-order valence-corrected chi connectivity index (χ4v) is 6.13. The molecule has 2 N–H and O–H groups in total. The van der Waals surface area contributed by atoms with Gasteiger partial charge in [-0.2, -0.15) is 5.10 Å². The maximum absolute atomic E-state index is 11.8. The Bertz CT molecular complexity index is 1830. The number of carbonyl (C=O) groups excluding carboxylic acids is 1. The Morgan fingerprint density at radius 2 is 1.90 bits per heavy atom. The molecule has 1 aliphatic heterocycles. The van der Waals surface area contributed by atoms with Gasteiger partial charge >= 0.3 is 0 Å². The number of nitrogens with zero attached hydrogens (tertiary/aromatic N) is 6. The van der Waals surface area contributed by atoms with Gasteiger partial charge in [0.15, 0.2) is 17.3 Å². The van der Waals surface area contributed by atoms with Crippen molar-refractivity contribution in [3.8, 4) is 33.2 Å². The van der Waals surface area contributed by atoms with E-state index < -0.39 is 0 Å². The molecule has 6 aromatic heterocycles. The van der Waals surface area contributed by atoms with Gasteiger partial charge in [-0.05, 0) is 68.8 Å². The SMILES string of the molecule is CC(=O)c1ccc(-c2nccc3[nH]c(-c4[nH]nc5ncc(-c6cncc(CN7CCCCC7)c6)cc45)nc23)s1. The predicted molar refractivity (Wildman–Crippen MR) is 152 cm³/mol. The van der Waals surface area contributed by atoms with E-state index in [-0.39, 0.29) is 5.78 Å². The third-order valence-corrected chi connectivity index (χ3v) is 8.41. The molecular weight excluding hydrogens is 508 g/mol. The van der Waals surface area contributed by atoms with Crippen molar-refractivity contribution in [2.45, 2.75) is 32.7 Å². The Kier molecular flexibility index (Phi) is 5.98. The Morgan fingerprint density at radius 3 is 2.74 bits per heavy atom. The zero-order chi connectivity index (χ0) is 26.3. The van der Waals surface area contributed by atoms with Crippen LogP contribution in [-0.4, -0.2) is 58.9 Å². The molecule has 1 aliphatic rings. The first-order valence-corrected chi connectivity index (χ1v) is 13.9. The first-order valence-electron chi connectivity index (χ1n) is 13.1. The molecule has 0 atom stereocenters. The van der Waals surface area contributed by atoms with Gasteiger partial charge in [-0.1, -0.05) is 6.42 Å². The molecule has 1 saturated heterocycles. The van der Waals surface area contributed by atoms with Gasteiger partial charge in [0.05, 0.1) is 20.7 Å². The monoisotopic (exact) mass is 534 g/mol. The molecule has 1 fully saturated rings. The molecule has 0 radical (unpaired) electrons. The first-order chi connectivity index (χ1) is 19.1. The number of hydrogen-bond donors (Lipinski definition) is 2. The highest BCUT2D eigenvalue weighted by Crippen LogP contribution is 2.34. The van der Waals surface area contributed by atoms with Crippen molar-refractivity contribution in [3.05, 3.63) is 65.6 Å². The number of piperidine rings is 1. The van der Waals surface area contributed by atoms with Crippen LogP contribution in [0.3, 0.4) is 0 Å². The number of hydrogen-bond acceptors (Lipinski definition) is 8. The second-order valence-corrected chi connectivity index (χ2v) is 11.1. The fourth-order valence-electron chi connectivity index (χ4n) is 5.23. The minimum absolute atomic E-state index is 0.0422. The molecule has 0 spiro atoms. The Balaban J connectivity index is 1.25. The van der Waals surface area contributed by atoms with Gasteiger partial charge in [0, 0.05) is 42.5 Å². The molecule has 0 saturated carbocycles. The quantitative estimate of drug-likeness (QED) is 0.257. The van der Waals surface area contributed by atoms with E-state index in [2.05, 4.69) is 47.2 Å². The maximum atomic E-state index is 11.8. The molecule has 0 unspecified atom stereocenters. The minimum Gasteiger partial charge on any atom is -0.337 e. The lowest BCUT2D eigenvalue weighted by Gasteiger charge is -2.26. The van der Waals surface area contributed by atoms with Crippen LogP contribution in [0.2, 0.25) is 0 Å². The Labute approximate surface area is 228 Å². The lowest BCUT2D eigenvalue weighted by atomic mass is 10.1. The van der Waals surface area contributed by atoms with E-state index in [1.54, 1.807) is 13.1 Å². The number of imidazole rings is 1. The smallest absolute Gasteiger partial charge is 0.181 e. The van der Waals surface area contributed by atoms with Gasteiger partial charge < -0.3 is 4.98 Å². The normalized spacial score (nSPS) is 14.4. The number of nitrogens with one attached hydrogen (secondary N) is 2. The van der Waals surface area contributed by atoms with Crippen molar-refractivity contribution >= 4 is 39.2 Å². The van der Waals surface area contributed by atoms with Crippen molar-refractivity contribution in [1.29, 1.82) is 0 Å². The highest BCUT2D eigenvalue weighted by molar-refractivity contribution is 7.17. The fraction of sp³-hybridized carbons (Fsp3) is 0.241. The summed E-state index contributed by atoms with van der Waals surface area (Å²) in [7, 11) is 0.